The van der Waals surface area contributed by atoms with Gasteiger partial charge in [0.15, 0.2) is 11.6 Å². The maximum absolute atomic E-state index is 13.2. The lowest BCUT2D eigenvalue weighted by molar-refractivity contribution is -0.120. The van der Waals surface area contributed by atoms with E-state index in [9.17, 15) is 13.6 Å². The molecule has 0 fully saturated rings. The number of nitrogens with zero attached hydrogens (tertiary/aromatic N) is 1. The Hall–Kier alpha value is -2.17. The zero-order valence-electron chi connectivity index (χ0n) is 11.5. The monoisotopic (exact) mass is 290 g/mol. The lowest BCUT2D eigenvalue weighted by Gasteiger charge is -2.14. The quantitative estimate of drug-likeness (QED) is 0.904. The van der Waals surface area contributed by atoms with Gasteiger partial charge in [-0.05, 0) is 43.5 Å². The van der Waals surface area contributed by atoms with Crippen LogP contribution in [0.15, 0.2) is 36.5 Å². The molecule has 1 aromatic carbocycles. The van der Waals surface area contributed by atoms with Gasteiger partial charge >= 0.3 is 0 Å². The molecule has 1 aliphatic heterocycles. The molecular formula is C16H16F2N2O. The van der Waals surface area contributed by atoms with Gasteiger partial charge in [0, 0.05) is 36.1 Å². The average Bonchev–Trinajstić information content (AvgIpc) is 2.80. The summed E-state index contributed by atoms with van der Waals surface area (Å²) < 4.78 is 28.2. The van der Waals surface area contributed by atoms with Gasteiger partial charge in [-0.25, -0.2) is 8.78 Å². The Morgan fingerprint density at radius 1 is 1.24 bits per heavy atom. The number of nitrogens with one attached hydrogen (secondary N) is 1. The third-order valence-electron chi connectivity index (χ3n) is 3.89. The maximum atomic E-state index is 13.2. The van der Waals surface area contributed by atoms with E-state index in [-0.39, 0.29) is 11.8 Å². The van der Waals surface area contributed by atoms with Crippen LogP contribution in [0.3, 0.4) is 0 Å². The van der Waals surface area contributed by atoms with E-state index in [1.165, 1.54) is 6.07 Å². The van der Waals surface area contributed by atoms with E-state index in [1.807, 2.05) is 18.3 Å². The lowest BCUT2D eigenvalue weighted by atomic mass is 9.98. The van der Waals surface area contributed by atoms with E-state index in [0.717, 1.165) is 37.2 Å². The summed E-state index contributed by atoms with van der Waals surface area (Å²) in [4.78, 5) is 12.3. The van der Waals surface area contributed by atoms with Crippen molar-refractivity contribution in [3.8, 4) is 0 Å². The molecule has 0 saturated carbocycles. The summed E-state index contributed by atoms with van der Waals surface area (Å²) in [5.74, 6) is -2.16. The Labute approximate surface area is 121 Å². The highest BCUT2D eigenvalue weighted by molar-refractivity contribution is 5.92. The number of carbonyl (C=O) groups is 1. The first-order valence-electron chi connectivity index (χ1n) is 7.03. The molecule has 0 saturated heterocycles. The number of fused-ring (bicyclic) bond motifs is 1. The summed E-state index contributed by atoms with van der Waals surface area (Å²) in [7, 11) is 0. The molecule has 0 bridgehead atoms. The number of hydrogen-bond donors (Lipinski definition) is 1. The second kappa shape index (κ2) is 5.68. The van der Waals surface area contributed by atoms with Crippen LogP contribution in [0.4, 0.5) is 14.5 Å². The molecule has 21 heavy (non-hydrogen) atoms. The van der Waals surface area contributed by atoms with Crippen LogP contribution in [-0.2, 0) is 17.8 Å². The molecule has 3 rings (SSSR count). The summed E-state index contributed by atoms with van der Waals surface area (Å²) >= 11 is 0. The van der Waals surface area contributed by atoms with Crippen LogP contribution in [-0.4, -0.2) is 10.5 Å². The standard InChI is InChI=1S/C16H16F2N2O/c17-14-6-5-12(10-15(14)18)19-16(21)11-3-1-7-20-8-2-4-13(20)9-11/h2,4-6,8,10-11H,1,3,7,9H2,(H,19,21). The van der Waals surface area contributed by atoms with Gasteiger partial charge in [0.2, 0.25) is 5.91 Å². The molecular weight excluding hydrogens is 274 g/mol. The Balaban J connectivity index is 1.71. The van der Waals surface area contributed by atoms with Crippen molar-refractivity contribution in [1.82, 2.24) is 4.57 Å². The first-order valence-corrected chi connectivity index (χ1v) is 7.03. The molecule has 0 spiro atoms. The number of carbonyl (C=O) groups excluding carboxylic acids is 1. The van der Waals surface area contributed by atoms with Crippen LogP contribution in [0.1, 0.15) is 18.5 Å². The zero-order chi connectivity index (χ0) is 14.8. The second-order valence-electron chi connectivity index (χ2n) is 5.35. The minimum Gasteiger partial charge on any atom is -0.351 e. The van der Waals surface area contributed by atoms with E-state index in [0.29, 0.717) is 12.1 Å². The van der Waals surface area contributed by atoms with Crippen LogP contribution in [0.5, 0.6) is 0 Å². The summed E-state index contributed by atoms with van der Waals surface area (Å²) in [6.45, 7) is 0.914. The normalized spacial score (nSPS) is 17.9. The summed E-state index contributed by atoms with van der Waals surface area (Å²) in [5, 5.41) is 2.68. The van der Waals surface area contributed by atoms with Crippen LogP contribution in [0.25, 0.3) is 0 Å². The Morgan fingerprint density at radius 2 is 2.10 bits per heavy atom. The van der Waals surface area contributed by atoms with Gasteiger partial charge in [-0.15, -0.1) is 0 Å². The van der Waals surface area contributed by atoms with Crippen molar-refractivity contribution in [3.63, 3.8) is 0 Å². The number of benzene rings is 1. The molecule has 3 nitrogen and oxygen atoms in total. The number of amides is 1. The highest BCUT2D eigenvalue weighted by Gasteiger charge is 2.23. The Kier molecular flexibility index (Phi) is 3.73. The van der Waals surface area contributed by atoms with Gasteiger partial charge in [-0.1, -0.05) is 0 Å². The fourth-order valence-electron chi connectivity index (χ4n) is 2.76. The minimum atomic E-state index is -0.956. The molecule has 1 amide bonds. The van der Waals surface area contributed by atoms with Gasteiger partial charge in [-0.2, -0.15) is 0 Å². The topological polar surface area (TPSA) is 34.0 Å². The molecule has 1 aromatic heterocycles. The van der Waals surface area contributed by atoms with Crippen molar-refractivity contribution in [1.29, 1.82) is 0 Å². The van der Waals surface area contributed by atoms with E-state index in [4.69, 9.17) is 0 Å². The molecule has 1 N–H and O–H groups in total. The van der Waals surface area contributed by atoms with Crippen LogP contribution in [0, 0.1) is 17.6 Å². The number of hydrogen-bond acceptors (Lipinski definition) is 1. The Bertz CT molecular complexity index is 666. The van der Waals surface area contributed by atoms with E-state index in [2.05, 4.69) is 9.88 Å². The maximum Gasteiger partial charge on any atom is 0.227 e. The first kappa shape index (κ1) is 13.8. The molecule has 1 atom stereocenters. The highest BCUT2D eigenvalue weighted by Crippen LogP contribution is 2.22. The molecule has 2 aromatic rings. The Morgan fingerprint density at radius 3 is 2.90 bits per heavy atom. The molecule has 1 aliphatic rings. The number of rotatable bonds is 2. The molecule has 110 valence electrons. The molecule has 2 heterocycles. The van der Waals surface area contributed by atoms with Crippen LogP contribution in [0.2, 0.25) is 0 Å². The fourth-order valence-corrected chi connectivity index (χ4v) is 2.76. The van der Waals surface area contributed by atoms with E-state index < -0.39 is 11.6 Å². The van der Waals surface area contributed by atoms with Crippen LogP contribution >= 0.6 is 0 Å². The number of anilines is 1. The van der Waals surface area contributed by atoms with Gasteiger partial charge in [0.05, 0.1) is 0 Å². The first-order chi connectivity index (χ1) is 10.1. The summed E-state index contributed by atoms with van der Waals surface area (Å²) in [6.07, 6.45) is 4.40. The van der Waals surface area contributed by atoms with Crippen molar-refractivity contribution < 1.29 is 13.6 Å². The highest BCUT2D eigenvalue weighted by atomic mass is 19.2. The average molecular weight is 290 g/mol. The number of aromatic nitrogens is 1. The lowest BCUT2D eigenvalue weighted by Crippen LogP contribution is -2.24. The van der Waals surface area contributed by atoms with Gasteiger partial charge in [-0.3, -0.25) is 4.79 Å². The van der Waals surface area contributed by atoms with Crippen molar-refractivity contribution in [2.45, 2.75) is 25.8 Å². The third-order valence-corrected chi connectivity index (χ3v) is 3.89. The second-order valence-corrected chi connectivity index (χ2v) is 5.35. The van der Waals surface area contributed by atoms with Crippen molar-refractivity contribution in [2.75, 3.05) is 5.32 Å². The summed E-state index contributed by atoms with van der Waals surface area (Å²) in [5.41, 5.74) is 1.43. The third kappa shape index (κ3) is 2.96. The van der Waals surface area contributed by atoms with Crippen molar-refractivity contribution >= 4 is 11.6 Å². The fraction of sp³-hybridized carbons (Fsp3) is 0.312. The van der Waals surface area contributed by atoms with Gasteiger partial charge in [0.25, 0.3) is 0 Å². The summed E-state index contributed by atoms with van der Waals surface area (Å²) in [6, 6.07) is 7.39. The van der Waals surface area contributed by atoms with Crippen LogP contribution < -0.4 is 5.32 Å². The number of halogens is 2. The SMILES string of the molecule is O=C(Nc1ccc(F)c(F)c1)C1CCCn2cccc2C1. The van der Waals surface area contributed by atoms with Gasteiger partial charge in [0.1, 0.15) is 0 Å². The van der Waals surface area contributed by atoms with Crippen molar-refractivity contribution in [2.24, 2.45) is 5.92 Å². The predicted molar refractivity (Wildman–Crippen MR) is 75.8 cm³/mol. The zero-order valence-corrected chi connectivity index (χ0v) is 11.5. The predicted octanol–water partition coefficient (Wildman–Crippen LogP) is 3.36. The molecule has 0 aliphatic carbocycles. The van der Waals surface area contributed by atoms with Crippen molar-refractivity contribution in [3.05, 3.63) is 53.9 Å². The number of aryl methyl sites for hydroxylation is 1. The minimum absolute atomic E-state index is 0.143. The largest absolute Gasteiger partial charge is 0.351 e. The molecule has 0 radical (unpaired) electrons. The van der Waals surface area contributed by atoms with E-state index >= 15 is 0 Å². The van der Waals surface area contributed by atoms with E-state index in [1.54, 1.807) is 0 Å². The smallest absolute Gasteiger partial charge is 0.227 e. The molecule has 1 unspecified atom stereocenters. The van der Waals surface area contributed by atoms with Gasteiger partial charge < -0.3 is 9.88 Å². The molecule has 5 heteroatoms.